The summed E-state index contributed by atoms with van der Waals surface area (Å²) in [5.74, 6) is -0.590. The predicted octanol–water partition coefficient (Wildman–Crippen LogP) is 4.99. The molecule has 0 unspecified atom stereocenters. The van der Waals surface area contributed by atoms with E-state index in [1.807, 2.05) is 48.2 Å². The molecule has 0 aromatic heterocycles. The van der Waals surface area contributed by atoms with Crippen molar-refractivity contribution in [2.24, 2.45) is 0 Å². The molecule has 0 atom stereocenters. The summed E-state index contributed by atoms with van der Waals surface area (Å²) in [6.07, 6.45) is 0.837. The van der Waals surface area contributed by atoms with E-state index in [1.54, 1.807) is 24.3 Å². The van der Waals surface area contributed by atoms with Gasteiger partial charge in [-0.3, -0.25) is 9.59 Å². The molecule has 0 bridgehead atoms. The third-order valence-corrected chi connectivity index (χ3v) is 6.18. The Morgan fingerprint density at radius 2 is 1.48 bits per heavy atom. The third kappa shape index (κ3) is 3.43. The van der Waals surface area contributed by atoms with Gasteiger partial charge in [-0.25, -0.2) is 4.90 Å². The lowest BCUT2D eigenvalue weighted by Crippen LogP contribution is -2.37. The molecule has 31 heavy (non-hydrogen) atoms. The fourth-order valence-electron chi connectivity index (χ4n) is 4.30. The number of benzene rings is 3. The largest absolute Gasteiger partial charge is 0.362 e. The van der Waals surface area contributed by atoms with Crippen LogP contribution in [0.1, 0.15) is 22.3 Å². The van der Waals surface area contributed by atoms with Crippen molar-refractivity contribution in [3.8, 4) is 0 Å². The van der Waals surface area contributed by atoms with Crippen LogP contribution in [0.25, 0.3) is 5.57 Å². The van der Waals surface area contributed by atoms with Gasteiger partial charge >= 0.3 is 0 Å². The maximum atomic E-state index is 13.6. The van der Waals surface area contributed by atoms with Crippen molar-refractivity contribution in [3.05, 3.63) is 106 Å². The van der Waals surface area contributed by atoms with Crippen LogP contribution in [-0.4, -0.2) is 23.3 Å². The molecule has 2 aliphatic rings. The number of imide groups is 1. The summed E-state index contributed by atoms with van der Waals surface area (Å²) in [5.41, 5.74) is 5.80. The number of nitrogens with zero attached hydrogens (tertiary/aromatic N) is 2. The molecule has 3 aromatic rings. The summed E-state index contributed by atoms with van der Waals surface area (Å²) >= 11 is 6.02. The molecule has 0 saturated carbocycles. The van der Waals surface area contributed by atoms with Gasteiger partial charge in [0.2, 0.25) is 0 Å². The highest BCUT2D eigenvalue weighted by Gasteiger charge is 2.43. The number of carbonyl (C=O) groups excluding carboxylic acids is 2. The second kappa shape index (κ2) is 7.71. The standard InChI is InChI=1S/C26H21ClN2O2/c1-17-6-8-19(9-7-17)23-24(28-15-14-18-4-2-3-5-20(18)16-28)26(31)29(25(23)30)22-12-10-21(27)11-13-22/h2-13H,14-16H2,1H3. The second-order valence-corrected chi connectivity index (χ2v) is 8.39. The Labute approximate surface area is 186 Å². The van der Waals surface area contributed by atoms with E-state index in [-0.39, 0.29) is 11.8 Å². The first-order valence-electron chi connectivity index (χ1n) is 10.3. The fourth-order valence-corrected chi connectivity index (χ4v) is 4.43. The van der Waals surface area contributed by atoms with Crippen molar-refractivity contribution in [2.45, 2.75) is 19.9 Å². The average Bonchev–Trinajstić information content (AvgIpc) is 3.05. The molecule has 4 nitrogen and oxygen atoms in total. The van der Waals surface area contributed by atoms with Crippen LogP contribution in [0, 0.1) is 6.92 Å². The minimum absolute atomic E-state index is 0.290. The topological polar surface area (TPSA) is 40.6 Å². The third-order valence-electron chi connectivity index (χ3n) is 5.93. The van der Waals surface area contributed by atoms with Crippen LogP contribution in [0.2, 0.25) is 5.02 Å². The quantitative estimate of drug-likeness (QED) is 0.552. The zero-order chi connectivity index (χ0) is 21.5. The van der Waals surface area contributed by atoms with Crippen LogP contribution in [0.5, 0.6) is 0 Å². The van der Waals surface area contributed by atoms with E-state index in [1.165, 1.54) is 16.0 Å². The zero-order valence-corrected chi connectivity index (χ0v) is 17.9. The number of hydrogen-bond donors (Lipinski definition) is 0. The van der Waals surface area contributed by atoms with Crippen molar-refractivity contribution >= 4 is 34.7 Å². The molecule has 5 rings (SSSR count). The Hall–Kier alpha value is -3.37. The van der Waals surface area contributed by atoms with E-state index >= 15 is 0 Å². The smallest absolute Gasteiger partial charge is 0.282 e. The van der Waals surface area contributed by atoms with Crippen molar-refractivity contribution in [2.75, 3.05) is 11.4 Å². The molecule has 0 spiro atoms. The van der Waals surface area contributed by atoms with E-state index < -0.39 is 0 Å². The normalized spacial score (nSPS) is 16.2. The summed E-state index contributed by atoms with van der Waals surface area (Å²) in [6.45, 7) is 3.30. The Morgan fingerprint density at radius 3 is 2.19 bits per heavy atom. The lowest BCUT2D eigenvalue weighted by Gasteiger charge is -2.31. The van der Waals surface area contributed by atoms with Crippen LogP contribution in [0.4, 0.5) is 5.69 Å². The molecule has 2 aliphatic heterocycles. The van der Waals surface area contributed by atoms with E-state index in [2.05, 4.69) is 12.1 Å². The van der Waals surface area contributed by atoms with Gasteiger partial charge in [0, 0.05) is 18.1 Å². The molecule has 0 fully saturated rings. The fraction of sp³-hybridized carbons (Fsp3) is 0.154. The van der Waals surface area contributed by atoms with Crippen molar-refractivity contribution < 1.29 is 9.59 Å². The number of hydrogen-bond acceptors (Lipinski definition) is 3. The molecule has 3 aromatic carbocycles. The monoisotopic (exact) mass is 428 g/mol. The van der Waals surface area contributed by atoms with Gasteiger partial charge in [0.05, 0.1) is 11.3 Å². The van der Waals surface area contributed by atoms with E-state index in [0.29, 0.717) is 35.1 Å². The Balaban J connectivity index is 1.61. The molecule has 0 N–H and O–H groups in total. The molecule has 0 radical (unpaired) electrons. The average molecular weight is 429 g/mol. The van der Waals surface area contributed by atoms with E-state index in [9.17, 15) is 9.59 Å². The Morgan fingerprint density at radius 1 is 0.806 bits per heavy atom. The highest BCUT2D eigenvalue weighted by atomic mass is 35.5. The molecule has 2 amide bonds. The zero-order valence-electron chi connectivity index (χ0n) is 17.1. The molecular weight excluding hydrogens is 408 g/mol. The van der Waals surface area contributed by atoms with Gasteiger partial charge < -0.3 is 4.90 Å². The van der Waals surface area contributed by atoms with Gasteiger partial charge in [0.15, 0.2) is 0 Å². The van der Waals surface area contributed by atoms with Gasteiger partial charge in [-0.05, 0) is 54.3 Å². The van der Waals surface area contributed by atoms with E-state index in [4.69, 9.17) is 11.6 Å². The number of halogens is 1. The summed E-state index contributed by atoms with van der Waals surface area (Å²) in [5, 5.41) is 0.558. The van der Waals surface area contributed by atoms with Crippen molar-refractivity contribution in [3.63, 3.8) is 0 Å². The molecule has 2 heterocycles. The van der Waals surface area contributed by atoms with E-state index in [0.717, 1.165) is 17.5 Å². The molecule has 5 heteroatoms. The lowest BCUT2D eigenvalue weighted by atomic mass is 9.97. The summed E-state index contributed by atoms with van der Waals surface area (Å²) in [4.78, 5) is 30.5. The number of rotatable bonds is 3. The number of aryl methyl sites for hydroxylation is 1. The molecular formula is C26H21ClN2O2. The first-order chi connectivity index (χ1) is 15.0. The number of carbonyl (C=O) groups is 2. The maximum Gasteiger partial charge on any atom is 0.282 e. The second-order valence-electron chi connectivity index (χ2n) is 7.95. The van der Waals surface area contributed by atoms with Crippen LogP contribution in [0.15, 0.2) is 78.5 Å². The van der Waals surface area contributed by atoms with Crippen molar-refractivity contribution in [1.29, 1.82) is 0 Å². The van der Waals surface area contributed by atoms with Gasteiger partial charge in [-0.2, -0.15) is 0 Å². The first kappa shape index (κ1) is 19.6. The van der Waals surface area contributed by atoms with Crippen LogP contribution in [-0.2, 0) is 22.6 Å². The number of fused-ring (bicyclic) bond motifs is 1. The van der Waals surface area contributed by atoms with Gasteiger partial charge in [0.1, 0.15) is 5.70 Å². The lowest BCUT2D eigenvalue weighted by molar-refractivity contribution is -0.120. The first-order valence-corrected chi connectivity index (χ1v) is 10.7. The van der Waals surface area contributed by atoms with Crippen LogP contribution >= 0.6 is 11.6 Å². The predicted molar refractivity (Wildman–Crippen MR) is 123 cm³/mol. The number of anilines is 1. The Bertz CT molecular complexity index is 1210. The highest BCUT2D eigenvalue weighted by Crippen LogP contribution is 2.37. The molecule has 0 aliphatic carbocycles. The maximum absolute atomic E-state index is 13.6. The number of amides is 2. The van der Waals surface area contributed by atoms with Gasteiger partial charge in [-0.15, -0.1) is 0 Å². The summed E-state index contributed by atoms with van der Waals surface area (Å²) in [7, 11) is 0. The minimum Gasteiger partial charge on any atom is -0.362 e. The molecule has 154 valence electrons. The van der Waals surface area contributed by atoms with Crippen molar-refractivity contribution in [1.82, 2.24) is 4.90 Å². The van der Waals surface area contributed by atoms with Crippen LogP contribution in [0.3, 0.4) is 0 Å². The SMILES string of the molecule is Cc1ccc(C2=C(N3CCc4ccccc4C3)C(=O)N(c3ccc(Cl)cc3)C2=O)cc1. The summed E-state index contributed by atoms with van der Waals surface area (Å²) < 4.78 is 0. The van der Waals surface area contributed by atoms with Gasteiger partial charge in [0.25, 0.3) is 11.8 Å². The summed E-state index contributed by atoms with van der Waals surface area (Å²) in [6, 6.07) is 22.8. The Kier molecular flexibility index (Phi) is 4.87. The minimum atomic E-state index is -0.301. The highest BCUT2D eigenvalue weighted by molar-refractivity contribution is 6.45. The van der Waals surface area contributed by atoms with Gasteiger partial charge in [-0.1, -0.05) is 65.7 Å². The molecule has 0 saturated heterocycles. The van der Waals surface area contributed by atoms with Crippen LogP contribution < -0.4 is 4.90 Å².